The number of non-ortho nitro benzene ring substituents is 1. The molecule has 0 bridgehead atoms. The normalized spacial score (nSPS) is 15.3. The van der Waals surface area contributed by atoms with Gasteiger partial charge in [0.15, 0.2) is 5.76 Å². The third kappa shape index (κ3) is 4.09. The lowest BCUT2D eigenvalue weighted by Gasteiger charge is -2.25. The number of nitrogens with zero attached hydrogens (tertiary/aromatic N) is 1. The molecule has 4 rings (SSSR count). The molecule has 0 saturated heterocycles. The molecule has 0 aliphatic carbocycles. The van der Waals surface area contributed by atoms with Gasteiger partial charge in [0.2, 0.25) is 0 Å². The number of carbonyl (C=O) groups is 1. The first kappa shape index (κ1) is 19.0. The number of rotatable bonds is 5. The molecule has 0 fully saturated rings. The number of fused-ring (bicyclic) bond motifs is 1. The fraction of sp³-hybridized carbons (Fsp3) is 0.190. The van der Waals surface area contributed by atoms with E-state index < -0.39 is 4.92 Å². The van der Waals surface area contributed by atoms with E-state index in [2.05, 4.69) is 5.32 Å². The van der Waals surface area contributed by atoms with Gasteiger partial charge in [-0.25, -0.2) is 0 Å². The van der Waals surface area contributed by atoms with Crippen LogP contribution in [0.1, 0.15) is 16.1 Å². The van der Waals surface area contributed by atoms with Gasteiger partial charge in [-0.3, -0.25) is 14.9 Å². The number of hydrogen-bond donors (Lipinski definition) is 1. The zero-order valence-corrected chi connectivity index (χ0v) is 16.0. The molecule has 0 unspecified atom stereocenters. The van der Waals surface area contributed by atoms with Crippen molar-refractivity contribution >= 4 is 23.2 Å². The lowest BCUT2D eigenvalue weighted by Crippen LogP contribution is -2.34. The van der Waals surface area contributed by atoms with Crippen LogP contribution in [0.4, 0.5) is 5.69 Å². The molecule has 1 atom stereocenters. The van der Waals surface area contributed by atoms with Gasteiger partial charge in [0.05, 0.1) is 16.6 Å². The van der Waals surface area contributed by atoms with Gasteiger partial charge in [0.25, 0.3) is 11.6 Å². The predicted octanol–water partition coefficient (Wildman–Crippen LogP) is 4.49. The van der Waals surface area contributed by atoms with Gasteiger partial charge in [-0.1, -0.05) is 29.8 Å². The number of furan rings is 1. The number of nitro benzene ring substituents is 1. The summed E-state index contributed by atoms with van der Waals surface area (Å²) in [4.78, 5) is 22.7. The van der Waals surface area contributed by atoms with Crippen molar-refractivity contribution in [2.24, 2.45) is 5.92 Å². The lowest BCUT2D eigenvalue weighted by molar-refractivity contribution is -0.384. The van der Waals surface area contributed by atoms with E-state index in [-0.39, 0.29) is 28.3 Å². The Kier molecular flexibility index (Phi) is 5.22. The summed E-state index contributed by atoms with van der Waals surface area (Å²) in [6, 6.07) is 15.1. The van der Waals surface area contributed by atoms with Crippen molar-refractivity contribution in [3.05, 3.63) is 81.1 Å². The summed E-state index contributed by atoms with van der Waals surface area (Å²) in [6.07, 6.45) is 0.832. The molecule has 8 heteroatoms. The zero-order valence-electron chi connectivity index (χ0n) is 15.3. The molecule has 1 aromatic heterocycles. The molecule has 7 nitrogen and oxygen atoms in total. The molecule has 148 valence electrons. The molecule has 2 aromatic carbocycles. The molecule has 1 N–H and O–H groups in total. The Labute approximate surface area is 171 Å². The van der Waals surface area contributed by atoms with E-state index in [1.54, 1.807) is 12.1 Å². The number of hydrogen-bond acceptors (Lipinski definition) is 5. The first-order chi connectivity index (χ1) is 14.0. The van der Waals surface area contributed by atoms with Crippen LogP contribution < -0.4 is 10.1 Å². The van der Waals surface area contributed by atoms with Crippen LogP contribution in [0.25, 0.3) is 11.3 Å². The molecular formula is C21H17ClN2O5. The van der Waals surface area contributed by atoms with Gasteiger partial charge in [0.1, 0.15) is 11.5 Å². The highest BCUT2D eigenvalue weighted by Gasteiger charge is 2.21. The van der Waals surface area contributed by atoms with E-state index in [0.717, 1.165) is 17.7 Å². The maximum absolute atomic E-state index is 12.4. The number of carbonyl (C=O) groups excluding carboxylic acids is 1. The second-order valence-electron chi connectivity index (χ2n) is 6.78. The molecule has 1 aliphatic heterocycles. The fourth-order valence-electron chi connectivity index (χ4n) is 3.27. The van der Waals surface area contributed by atoms with E-state index in [0.29, 0.717) is 24.5 Å². The van der Waals surface area contributed by atoms with E-state index >= 15 is 0 Å². The standard InChI is InChI=1S/C21H17ClN2O5/c22-17-10-15(24(26)27)5-6-16(17)19-7-8-20(29-19)21(25)23-11-13-9-14-3-1-2-4-18(14)28-12-13/h1-8,10,13H,9,11-12H2,(H,23,25)/t13-/m0/s1. The van der Waals surface area contributed by atoms with Crippen molar-refractivity contribution in [2.75, 3.05) is 13.2 Å². The fourth-order valence-corrected chi connectivity index (χ4v) is 3.54. The molecule has 3 aromatic rings. The molecule has 1 aliphatic rings. The van der Waals surface area contributed by atoms with Crippen LogP contribution in [-0.2, 0) is 6.42 Å². The topological polar surface area (TPSA) is 94.6 Å². The van der Waals surface area contributed by atoms with Gasteiger partial charge in [-0.2, -0.15) is 0 Å². The minimum atomic E-state index is -0.524. The van der Waals surface area contributed by atoms with Crippen LogP contribution in [0.3, 0.4) is 0 Å². The number of ether oxygens (including phenoxy) is 1. The van der Waals surface area contributed by atoms with Crippen LogP contribution in [0, 0.1) is 16.0 Å². The Bertz CT molecular complexity index is 1080. The average molecular weight is 413 g/mol. The third-order valence-corrected chi connectivity index (χ3v) is 5.08. The summed E-state index contributed by atoms with van der Waals surface area (Å²) in [5.74, 6) is 1.24. The molecule has 0 radical (unpaired) electrons. The summed E-state index contributed by atoms with van der Waals surface area (Å²) in [6.45, 7) is 1.00. The lowest BCUT2D eigenvalue weighted by atomic mass is 9.97. The van der Waals surface area contributed by atoms with Crippen LogP contribution in [-0.4, -0.2) is 24.0 Å². The Balaban J connectivity index is 1.40. The third-order valence-electron chi connectivity index (χ3n) is 4.77. The van der Waals surface area contributed by atoms with Gasteiger partial charge >= 0.3 is 0 Å². The molecule has 0 spiro atoms. The minimum Gasteiger partial charge on any atom is -0.493 e. The summed E-state index contributed by atoms with van der Waals surface area (Å²) < 4.78 is 11.3. The molecular weight excluding hydrogens is 396 g/mol. The molecule has 2 heterocycles. The molecule has 0 saturated carbocycles. The number of nitrogens with one attached hydrogen (secondary N) is 1. The zero-order chi connectivity index (χ0) is 20.4. The Hall–Kier alpha value is -3.32. The van der Waals surface area contributed by atoms with Gasteiger partial charge in [-0.15, -0.1) is 0 Å². The van der Waals surface area contributed by atoms with Crippen LogP contribution in [0.2, 0.25) is 5.02 Å². The Morgan fingerprint density at radius 3 is 2.83 bits per heavy atom. The van der Waals surface area contributed by atoms with Gasteiger partial charge in [-0.05, 0) is 36.2 Å². The summed E-state index contributed by atoms with van der Waals surface area (Å²) in [5, 5.41) is 13.9. The quantitative estimate of drug-likeness (QED) is 0.492. The summed E-state index contributed by atoms with van der Waals surface area (Å²) >= 11 is 6.12. The number of nitro groups is 1. The highest BCUT2D eigenvalue weighted by atomic mass is 35.5. The summed E-state index contributed by atoms with van der Waals surface area (Å²) in [7, 11) is 0. The van der Waals surface area contributed by atoms with Gasteiger partial charge < -0.3 is 14.5 Å². The van der Waals surface area contributed by atoms with Crippen molar-refractivity contribution in [1.29, 1.82) is 0 Å². The number of amides is 1. The molecule has 29 heavy (non-hydrogen) atoms. The van der Waals surface area contributed by atoms with Crippen molar-refractivity contribution in [1.82, 2.24) is 5.32 Å². The minimum absolute atomic E-state index is 0.112. The van der Waals surface area contributed by atoms with Crippen molar-refractivity contribution < 1.29 is 18.9 Å². The number of halogens is 1. The summed E-state index contributed by atoms with van der Waals surface area (Å²) in [5.41, 5.74) is 1.50. The first-order valence-electron chi connectivity index (χ1n) is 9.04. The second-order valence-corrected chi connectivity index (χ2v) is 7.19. The largest absolute Gasteiger partial charge is 0.493 e. The van der Waals surface area contributed by atoms with Crippen LogP contribution >= 0.6 is 11.6 Å². The second kappa shape index (κ2) is 7.97. The highest BCUT2D eigenvalue weighted by molar-refractivity contribution is 6.33. The van der Waals surface area contributed by atoms with Crippen LogP contribution in [0.15, 0.2) is 59.0 Å². The van der Waals surface area contributed by atoms with Crippen molar-refractivity contribution in [3.63, 3.8) is 0 Å². The van der Waals surface area contributed by atoms with Crippen molar-refractivity contribution in [2.45, 2.75) is 6.42 Å². The highest BCUT2D eigenvalue weighted by Crippen LogP contribution is 2.32. The Morgan fingerprint density at radius 1 is 1.21 bits per heavy atom. The smallest absolute Gasteiger partial charge is 0.287 e. The van der Waals surface area contributed by atoms with Crippen molar-refractivity contribution in [3.8, 4) is 17.1 Å². The van der Waals surface area contributed by atoms with E-state index in [4.69, 9.17) is 20.8 Å². The van der Waals surface area contributed by atoms with E-state index in [1.807, 2.05) is 24.3 Å². The molecule has 1 amide bonds. The van der Waals surface area contributed by atoms with Gasteiger partial charge in [0, 0.05) is 30.2 Å². The predicted molar refractivity (Wildman–Crippen MR) is 107 cm³/mol. The maximum Gasteiger partial charge on any atom is 0.287 e. The van der Waals surface area contributed by atoms with Crippen LogP contribution in [0.5, 0.6) is 5.75 Å². The maximum atomic E-state index is 12.4. The monoisotopic (exact) mass is 412 g/mol. The van der Waals surface area contributed by atoms with E-state index in [1.165, 1.54) is 18.2 Å². The van der Waals surface area contributed by atoms with E-state index in [9.17, 15) is 14.9 Å². The first-order valence-corrected chi connectivity index (χ1v) is 9.42. The Morgan fingerprint density at radius 2 is 2.03 bits per heavy atom. The number of benzene rings is 2. The SMILES string of the molecule is O=C(NC[C@H]1COc2ccccc2C1)c1ccc(-c2ccc([N+](=O)[O-])cc2Cl)o1. The number of para-hydroxylation sites is 1. The average Bonchev–Trinajstić information content (AvgIpc) is 3.21.